The van der Waals surface area contributed by atoms with E-state index in [0.29, 0.717) is 11.3 Å². The third kappa shape index (κ3) is 6.44. The van der Waals surface area contributed by atoms with Crippen molar-refractivity contribution in [3.8, 4) is 5.75 Å². The molecule has 27 heavy (non-hydrogen) atoms. The van der Waals surface area contributed by atoms with Gasteiger partial charge in [0.2, 0.25) is 0 Å². The molecule has 0 saturated heterocycles. The third-order valence-corrected chi connectivity index (χ3v) is 4.02. The number of rotatable bonds is 8. The fourth-order valence-corrected chi connectivity index (χ4v) is 2.61. The molecular weight excluding hydrogens is 342 g/mol. The largest absolute Gasteiger partial charge is 0.491 e. The molecule has 0 saturated carbocycles. The summed E-state index contributed by atoms with van der Waals surface area (Å²) >= 11 is 0. The third-order valence-electron chi connectivity index (χ3n) is 4.02. The van der Waals surface area contributed by atoms with Gasteiger partial charge in [-0.15, -0.1) is 0 Å². The van der Waals surface area contributed by atoms with Crippen LogP contribution >= 0.6 is 0 Å². The molecular formula is C22H27NO4. The first-order chi connectivity index (χ1) is 12.9. The second-order valence-corrected chi connectivity index (χ2v) is 6.71. The predicted octanol–water partition coefficient (Wildman–Crippen LogP) is 4.21. The molecule has 0 aliphatic carbocycles. The fraction of sp³-hybridized carbons (Fsp3) is 0.364. The van der Waals surface area contributed by atoms with E-state index in [1.54, 1.807) is 24.3 Å². The normalized spacial score (nSPS) is 11.7. The van der Waals surface area contributed by atoms with Crippen LogP contribution in [0, 0.1) is 6.92 Å². The molecule has 0 heterocycles. The van der Waals surface area contributed by atoms with Crippen molar-refractivity contribution in [2.24, 2.45) is 0 Å². The van der Waals surface area contributed by atoms with Gasteiger partial charge in [-0.25, -0.2) is 4.79 Å². The molecule has 0 unspecified atom stereocenters. The van der Waals surface area contributed by atoms with Gasteiger partial charge in [0.05, 0.1) is 17.7 Å². The second kappa shape index (κ2) is 9.76. The van der Waals surface area contributed by atoms with Crippen LogP contribution in [-0.4, -0.2) is 24.6 Å². The Bertz CT molecular complexity index is 751. The lowest BCUT2D eigenvalue weighted by Crippen LogP contribution is -2.32. The Balaban J connectivity index is 1.86. The topological polar surface area (TPSA) is 64.6 Å². The molecule has 0 spiro atoms. The highest BCUT2D eigenvalue weighted by atomic mass is 16.5. The Labute approximate surface area is 160 Å². The lowest BCUT2D eigenvalue weighted by molar-refractivity contribution is -0.125. The molecule has 0 aliphatic rings. The molecule has 0 fully saturated rings. The van der Waals surface area contributed by atoms with Gasteiger partial charge in [-0.05, 0) is 57.0 Å². The zero-order valence-corrected chi connectivity index (χ0v) is 16.3. The highest BCUT2D eigenvalue weighted by Gasteiger charge is 2.15. The van der Waals surface area contributed by atoms with E-state index in [0.717, 1.165) is 12.0 Å². The summed E-state index contributed by atoms with van der Waals surface area (Å²) in [7, 11) is 0. The minimum absolute atomic E-state index is 0.0616. The summed E-state index contributed by atoms with van der Waals surface area (Å²) in [5.41, 5.74) is 2.58. The van der Waals surface area contributed by atoms with E-state index in [-0.39, 0.29) is 24.7 Å². The van der Waals surface area contributed by atoms with Crippen LogP contribution in [0.2, 0.25) is 0 Å². The van der Waals surface area contributed by atoms with Crippen molar-refractivity contribution >= 4 is 11.9 Å². The molecule has 1 atom stereocenters. The first kappa shape index (κ1) is 20.5. The fourth-order valence-electron chi connectivity index (χ4n) is 2.61. The van der Waals surface area contributed by atoms with E-state index < -0.39 is 5.97 Å². The summed E-state index contributed by atoms with van der Waals surface area (Å²) in [6, 6.07) is 14.6. The smallest absolute Gasteiger partial charge is 0.338 e. The van der Waals surface area contributed by atoms with Crippen LogP contribution in [0.1, 0.15) is 54.7 Å². The highest BCUT2D eigenvalue weighted by Crippen LogP contribution is 2.17. The van der Waals surface area contributed by atoms with E-state index in [1.807, 2.05) is 52.0 Å². The number of amides is 1. The molecule has 5 nitrogen and oxygen atoms in total. The van der Waals surface area contributed by atoms with Crippen LogP contribution in [0.15, 0.2) is 48.5 Å². The number of ether oxygens (including phenoxy) is 2. The van der Waals surface area contributed by atoms with Gasteiger partial charge in [0.1, 0.15) is 5.75 Å². The zero-order chi connectivity index (χ0) is 19.8. The Morgan fingerprint density at radius 1 is 1.00 bits per heavy atom. The predicted molar refractivity (Wildman–Crippen MR) is 105 cm³/mol. The highest BCUT2D eigenvalue weighted by molar-refractivity contribution is 5.91. The van der Waals surface area contributed by atoms with E-state index in [1.165, 1.54) is 5.56 Å². The number of nitrogens with one attached hydrogen (secondary N) is 1. The van der Waals surface area contributed by atoms with E-state index in [2.05, 4.69) is 5.32 Å². The molecule has 2 aromatic carbocycles. The Morgan fingerprint density at radius 3 is 2.19 bits per heavy atom. The van der Waals surface area contributed by atoms with Crippen molar-refractivity contribution in [2.45, 2.75) is 46.3 Å². The van der Waals surface area contributed by atoms with Gasteiger partial charge in [0, 0.05) is 0 Å². The van der Waals surface area contributed by atoms with Crippen molar-refractivity contribution in [2.75, 3.05) is 6.61 Å². The lowest BCUT2D eigenvalue weighted by atomic mass is 10.0. The number of benzene rings is 2. The van der Waals surface area contributed by atoms with E-state index >= 15 is 0 Å². The molecule has 0 aromatic heterocycles. The van der Waals surface area contributed by atoms with Crippen LogP contribution in [0.25, 0.3) is 0 Å². The number of esters is 1. The van der Waals surface area contributed by atoms with Gasteiger partial charge in [-0.1, -0.05) is 36.8 Å². The summed E-state index contributed by atoms with van der Waals surface area (Å²) in [6.45, 7) is 7.56. The molecule has 2 aromatic rings. The van der Waals surface area contributed by atoms with Gasteiger partial charge < -0.3 is 14.8 Å². The first-order valence-corrected chi connectivity index (χ1v) is 9.18. The Morgan fingerprint density at radius 2 is 1.63 bits per heavy atom. The molecule has 144 valence electrons. The number of aryl methyl sites for hydroxylation is 1. The standard InChI is InChI=1S/C22H27NO4/c1-5-20(17-8-6-16(4)7-9-17)23-21(24)14-26-22(25)18-10-12-19(13-11-18)27-15(2)3/h6-13,15,20H,5,14H2,1-4H3,(H,23,24)/t20-/m0/s1. The van der Waals surface area contributed by atoms with Gasteiger partial charge >= 0.3 is 5.97 Å². The molecule has 1 N–H and O–H groups in total. The zero-order valence-electron chi connectivity index (χ0n) is 16.3. The number of carbonyl (C=O) groups excluding carboxylic acids is 2. The van der Waals surface area contributed by atoms with Crippen LogP contribution < -0.4 is 10.1 Å². The number of hydrogen-bond acceptors (Lipinski definition) is 4. The summed E-state index contributed by atoms with van der Waals surface area (Å²) in [5.74, 6) is -0.177. The lowest BCUT2D eigenvalue weighted by Gasteiger charge is -2.17. The number of carbonyl (C=O) groups is 2. The molecule has 5 heteroatoms. The molecule has 0 radical (unpaired) electrons. The van der Waals surface area contributed by atoms with Gasteiger partial charge in [0.25, 0.3) is 5.91 Å². The van der Waals surface area contributed by atoms with Crippen LogP contribution in [0.3, 0.4) is 0 Å². The first-order valence-electron chi connectivity index (χ1n) is 9.18. The number of hydrogen-bond donors (Lipinski definition) is 1. The Hall–Kier alpha value is -2.82. The van der Waals surface area contributed by atoms with Crippen molar-refractivity contribution in [1.82, 2.24) is 5.32 Å². The summed E-state index contributed by atoms with van der Waals surface area (Å²) in [4.78, 5) is 24.3. The maximum Gasteiger partial charge on any atom is 0.338 e. The quantitative estimate of drug-likeness (QED) is 0.708. The SMILES string of the molecule is CC[C@H](NC(=O)COC(=O)c1ccc(OC(C)C)cc1)c1ccc(C)cc1. The minimum atomic E-state index is -0.537. The van der Waals surface area contributed by atoms with Gasteiger partial charge in [-0.2, -0.15) is 0 Å². The molecule has 0 aliphatic heterocycles. The van der Waals surface area contributed by atoms with Crippen LogP contribution in [0.5, 0.6) is 5.75 Å². The summed E-state index contributed by atoms with van der Waals surface area (Å²) < 4.78 is 10.7. The van der Waals surface area contributed by atoms with Crippen molar-refractivity contribution < 1.29 is 19.1 Å². The molecule has 0 bridgehead atoms. The average Bonchev–Trinajstić information content (AvgIpc) is 2.65. The van der Waals surface area contributed by atoms with Crippen molar-refractivity contribution in [3.05, 3.63) is 65.2 Å². The minimum Gasteiger partial charge on any atom is -0.491 e. The van der Waals surface area contributed by atoms with Crippen LogP contribution in [0.4, 0.5) is 0 Å². The molecule has 2 rings (SSSR count). The van der Waals surface area contributed by atoms with Gasteiger partial charge in [0.15, 0.2) is 6.61 Å². The van der Waals surface area contributed by atoms with E-state index in [9.17, 15) is 9.59 Å². The van der Waals surface area contributed by atoms with E-state index in [4.69, 9.17) is 9.47 Å². The van der Waals surface area contributed by atoms with Gasteiger partial charge in [-0.3, -0.25) is 4.79 Å². The summed E-state index contributed by atoms with van der Waals surface area (Å²) in [6.07, 6.45) is 0.812. The maximum absolute atomic E-state index is 12.2. The Kier molecular flexibility index (Phi) is 7.41. The molecule has 1 amide bonds. The second-order valence-electron chi connectivity index (χ2n) is 6.71. The van der Waals surface area contributed by atoms with Crippen molar-refractivity contribution in [1.29, 1.82) is 0 Å². The monoisotopic (exact) mass is 369 g/mol. The maximum atomic E-state index is 12.2. The van der Waals surface area contributed by atoms with Crippen molar-refractivity contribution in [3.63, 3.8) is 0 Å². The average molecular weight is 369 g/mol. The van der Waals surface area contributed by atoms with Crippen LogP contribution in [-0.2, 0) is 9.53 Å². The summed E-state index contributed by atoms with van der Waals surface area (Å²) in [5, 5.41) is 2.90.